The zero-order chi connectivity index (χ0) is 27.6. The molecule has 0 aliphatic carbocycles. The van der Waals surface area contributed by atoms with E-state index in [1.54, 1.807) is 18.2 Å². The minimum atomic E-state index is -2.95. The number of anilines is 1. The number of hydrogen-bond acceptors (Lipinski definition) is 8. The molecule has 0 spiro atoms. The van der Waals surface area contributed by atoms with Gasteiger partial charge in [0, 0.05) is 18.7 Å². The minimum absolute atomic E-state index is 0.0259. The number of benzene rings is 3. The van der Waals surface area contributed by atoms with Crippen LogP contribution >= 0.6 is 0 Å². The van der Waals surface area contributed by atoms with Gasteiger partial charge >= 0.3 is 5.97 Å². The summed E-state index contributed by atoms with van der Waals surface area (Å²) in [7, 11) is 1.27. The highest BCUT2D eigenvalue weighted by molar-refractivity contribution is 5.93. The molecule has 39 heavy (non-hydrogen) atoms. The third-order valence-electron chi connectivity index (χ3n) is 6.72. The molecule has 1 aliphatic rings. The van der Waals surface area contributed by atoms with Crippen LogP contribution in [0.4, 0.5) is 14.5 Å². The van der Waals surface area contributed by atoms with Crippen molar-refractivity contribution in [2.24, 2.45) is 0 Å². The molecule has 0 amide bonds. The summed E-state index contributed by atoms with van der Waals surface area (Å²) in [6, 6.07) is 17.7. The molecule has 202 valence electrons. The van der Waals surface area contributed by atoms with Crippen LogP contribution in [-0.4, -0.2) is 54.0 Å². The number of likely N-dealkylation sites (tertiary alicyclic amines) is 1. The first-order chi connectivity index (χ1) is 18.7. The van der Waals surface area contributed by atoms with Crippen LogP contribution in [0.15, 0.2) is 77.5 Å². The quantitative estimate of drug-likeness (QED) is 0.285. The van der Waals surface area contributed by atoms with Crippen molar-refractivity contribution in [3.05, 3.63) is 89.8 Å². The lowest BCUT2D eigenvalue weighted by Crippen LogP contribution is -2.48. The van der Waals surface area contributed by atoms with Crippen LogP contribution < -0.4 is 10.1 Å². The zero-order valence-electron chi connectivity index (χ0n) is 21.4. The van der Waals surface area contributed by atoms with E-state index in [-0.39, 0.29) is 18.7 Å². The Kier molecular flexibility index (Phi) is 7.30. The van der Waals surface area contributed by atoms with Crippen molar-refractivity contribution in [1.82, 2.24) is 9.88 Å². The maximum atomic E-state index is 14.3. The number of halogens is 2. The van der Waals surface area contributed by atoms with Gasteiger partial charge in [-0.05, 0) is 60.5 Å². The van der Waals surface area contributed by atoms with Gasteiger partial charge in [-0.2, -0.15) is 0 Å². The highest BCUT2D eigenvalue weighted by Crippen LogP contribution is 2.33. The maximum absolute atomic E-state index is 14.3. The molecular formula is C29H27F2N3O5. The number of Topliss-reactive ketones (excluding diaryl/α,β-unsaturated/α-hetero) is 1. The third-order valence-corrected chi connectivity index (χ3v) is 6.72. The first-order valence-corrected chi connectivity index (χ1v) is 12.4. The highest BCUT2D eigenvalue weighted by Gasteiger charge is 2.45. The van der Waals surface area contributed by atoms with Crippen molar-refractivity contribution in [2.75, 3.05) is 25.5 Å². The number of nitrogens with zero attached hydrogens (tertiary/aromatic N) is 2. The Bertz CT molecular complexity index is 1490. The summed E-state index contributed by atoms with van der Waals surface area (Å²) in [4.78, 5) is 31.6. The number of esters is 1. The number of nitrogens with one attached hydrogen (secondary N) is 1. The molecule has 2 heterocycles. The lowest BCUT2D eigenvalue weighted by Gasteiger charge is -2.31. The van der Waals surface area contributed by atoms with Gasteiger partial charge in [0.25, 0.3) is 5.92 Å². The normalized spacial score (nSPS) is 16.5. The molecule has 2 unspecified atom stereocenters. The number of hydrogen-bond donors (Lipinski definition) is 1. The molecule has 1 N–H and O–H groups in total. The summed E-state index contributed by atoms with van der Waals surface area (Å²) in [6.07, 6.45) is -0.410. The number of aryl methyl sites for hydroxylation is 1. The Balaban J connectivity index is 1.52. The van der Waals surface area contributed by atoms with Crippen LogP contribution in [0, 0.1) is 6.92 Å². The summed E-state index contributed by atoms with van der Waals surface area (Å²) in [5.74, 6) is -3.70. The number of alkyl halides is 2. The Morgan fingerprint density at radius 2 is 1.87 bits per heavy atom. The fourth-order valence-corrected chi connectivity index (χ4v) is 4.59. The number of methoxy groups -OCH3 is 1. The second-order valence-electron chi connectivity index (χ2n) is 9.44. The summed E-state index contributed by atoms with van der Waals surface area (Å²) in [5, 5.41) is 3.30. The highest BCUT2D eigenvalue weighted by atomic mass is 19.3. The van der Waals surface area contributed by atoms with Gasteiger partial charge in [-0.1, -0.05) is 24.3 Å². The van der Waals surface area contributed by atoms with Crippen LogP contribution in [0.1, 0.15) is 33.9 Å². The van der Waals surface area contributed by atoms with Gasteiger partial charge in [-0.3, -0.25) is 9.69 Å². The molecule has 2 atom stereocenters. The van der Waals surface area contributed by atoms with Crippen molar-refractivity contribution < 1.29 is 32.3 Å². The summed E-state index contributed by atoms with van der Waals surface area (Å²) < 4.78 is 44.9. The first kappa shape index (κ1) is 26.3. The van der Waals surface area contributed by atoms with E-state index in [9.17, 15) is 18.4 Å². The molecule has 1 aromatic heterocycles. The number of oxazole rings is 1. The first-order valence-electron chi connectivity index (χ1n) is 12.4. The van der Waals surface area contributed by atoms with Gasteiger partial charge < -0.3 is 19.2 Å². The van der Waals surface area contributed by atoms with Gasteiger partial charge in [0.15, 0.2) is 12.0 Å². The summed E-state index contributed by atoms with van der Waals surface area (Å²) >= 11 is 0. The van der Waals surface area contributed by atoms with E-state index >= 15 is 0 Å². The van der Waals surface area contributed by atoms with E-state index < -0.39 is 36.5 Å². The number of para-hydroxylation sites is 1. The van der Waals surface area contributed by atoms with E-state index in [2.05, 4.69) is 10.3 Å². The standard InChI is InChI=1S/C29H27F2N3O5/c1-18-5-3-4-6-22(18)33-25(20-9-12-23-24(15-20)38-17-32-23)26(35)27(34-14-13-29(30,31)16-34)39-21-10-7-19(8-11-21)28(36)37-2/h3-12,15,17,25,27,33H,13-14,16H2,1-2H3. The van der Waals surface area contributed by atoms with Crippen LogP contribution in [0.2, 0.25) is 0 Å². The third kappa shape index (κ3) is 5.75. The molecule has 8 nitrogen and oxygen atoms in total. The Morgan fingerprint density at radius 1 is 1.10 bits per heavy atom. The smallest absolute Gasteiger partial charge is 0.337 e. The number of carbonyl (C=O) groups is 2. The number of carbonyl (C=O) groups excluding carboxylic acids is 2. The summed E-state index contributed by atoms with van der Waals surface area (Å²) in [6.45, 7) is 1.26. The lowest BCUT2D eigenvalue weighted by molar-refractivity contribution is -0.135. The molecule has 1 saturated heterocycles. The zero-order valence-corrected chi connectivity index (χ0v) is 21.4. The van der Waals surface area contributed by atoms with Crippen molar-refractivity contribution in [2.45, 2.75) is 31.5 Å². The fraction of sp³-hybridized carbons (Fsp3) is 0.276. The maximum Gasteiger partial charge on any atom is 0.337 e. The second kappa shape index (κ2) is 10.8. The number of rotatable bonds is 9. The van der Waals surface area contributed by atoms with Gasteiger partial charge in [-0.25, -0.2) is 18.6 Å². The molecule has 10 heteroatoms. The minimum Gasteiger partial charge on any atom is -0.468 e. The molecular weight excluding hydrogens is 508 g/mol. The molecule has 0 bridgehead atoms. The Hall–Kier alpha value is -4.31. The molecule has 0 saturated carbocycles. The second-order valence-corrected chi connectivity index (χ2v) is 9.44. The molecule has 1 fully saturated rings. The van der Waals surface area contributed by atoms with E-state index in [4.69, 9.17) is 13.9 Å². The molecule has 4 aromatic rings. The van der Waals surface area contributed by atoms with Gasteiger partial charge in [-0.15, -0.1) is 0 Å². The van der Waals surface area contributed by atoms with E-state index in [1.165, 1.54) is 42.7 Å². The van der Waals surface area contributed by atoms with Crippen molar-refractivity contribution in [1.29, 1.82) is 0 Å². The van der Waals surface area contributed by atoms with Crippen LogP contribution in [-0.2, 0) is 9.53 Å². The molecule has 3 aromatic carbocycles. The van der Waals surface area contributed by atoms with Crippen LogP contribution in [0.5, 0.6) is 5.75 Å². The van der Waals surface area contributed by atoms with Crippen molar-refractivity contribution in [3.8, 4) is 5.75 Å². The molecule has 1 aliphatic heterocycles. The van der Waals surface area contributed by atoms with Gasteiger partial charge in [0.05, 0.1) is 19.2 Å². The van der Waals surface area contributed by atoms with Crippen molar-refractivity contribution in [3.63, 3.8) is 0 Å². The predicted octanol–water partition coefficient (Wildman–Crippen LogP) is 5.39. The topological polar surface area (TPSA) is 93.9 Å². The van der Waals surface area contributed by atoms with Crippen LogP contribution in [0.3, 0.4) is 0 Å². The molecule has 0 radical (unpaired) electrons. The van der Waals surface area contributed by atoms with Gasteiger partial charge in [0.1, 0.15) is 17.3 Å². The molecule has 5 rings (SSSR count). The van der Waals surface area contributed by atoms with Crippen molar-refractivity contribution >= 4 is 28.5 Å². The summed E-state index contributed by atoms with van der Waals surface area (Å²) in [5.41, 5.74) is 3.58. The average molecular weight is 536 g/mol. The Labute approximate surface area is 223 Å². The number of aromatic nitrogens is 1. The van der Waals surface area contributed by atoms with E-state index in [0.717, 1.165) is 5.56 Å². The number of ketones is 1. The van der Waals surface area contributed by atoms with Crippen LogP contribution in [0.25, 0.3) is 11.1 Å². The monoisotopic (exact) mass is 535 g/mol. The Morgan fingerprint density at radius 3 is 2.56 bits per heavy atom. The predicted molar refractivity (Wildman–Crippen MR) is 140 cm³/mol. The fourth-order valence-electron chi connectivity index (χ4n) is 4.59. The number of fused-ring (bicyclic) bond motifs is 1. The van der Waals surface area contributed by atoms with E-state index in [1.807, 2.05) is 31.2 Å². The average Bonchev–Trinajstić information content (AvgIpc) is 3.56. The van der Waals surface area contributed by atoms with Gasteiger partial charge in [0.2, 0.25) is 12.0 Å². The lowest BCUT2D eigenvalue weighted by atomic mass is 9.99. The SMILES string of the molecule is COC(=O)c1ccc(OC(C(=O)C(Nc2ccccc2C)c2ccc3ncoc3c2)N2CCC(F)(F)C2)cc1. The van der Waals surface area contributed by atoms with E-state index in [0.29, 0.717) is 27.9 Å². The number of ether oxygens (including phenoxy) is 2. The largest absolute Gasteiger partial charge is 0.468 e.